The van der Waals surface area contributed by atoms with Crippen LogP contribution in [0.2, 0.25) is 26.2 Å². The Balaban J connectivity index is -0.000000403. The van der Waals surface area contributed by atoms with Crippen molar-refractivity contribution in [2.45, 2.75) is 104 Å². The Kier molecular flexibility index (Phi) is 24.6. The van der Waals surface area contributed by atoms with E-state index < -0.39 is 16.5 Å². The van der Waals surface area contributed by atoms with Gasteiger partial charge in [-0.2, -0.15) is 0 Å². The maximum absolute atomic E-state index is 5.66. The van der Waals surface area contributed by atoms with E-state index in [0.29, 0.717) is 0 Å². The topological polar surface area (TPSA) is 14.1 Å². The average Bonchev–Trinajstić information content (AvgIpc) is 2.30. The summed E-state index contributed by atoms with van der Waals surface area (Å²) in [6, 6.07) is 0. The van der Waals surface area contributed by atoms with E-state index in [4.69, 9.17) is 4.65 Å². The molecule has 0 aliphatic carbocycles. The molecule has 0 radical (unpaired) electrons. The van der Waals surface area contributed by atoms with Gasteiger partial charge in [-0.3, -0.25) is 0 Å². The molecule has 0 bridgehead atoms. The SMILES string of the molecule is CC(C)P(C[Si](C)(C)[N-][Si](C)(C)CP(C(C)C)C(C)C)C(C)C.[CH3-].[CH3-].[CH3-].[Zr+4]. The Morgan fingerprint density at radius 1 is 0.556 bits per heavy atom. The molecule has 0 aliphatic heterocycles. The van der Waals surface area contributed by atoms with Crippen molar-refractivity contribution in [2.75, 3.05) is 11.6 Å². The number of hydrogen-bond donors (Lipinski definition) is 0. The Morgan fingerprint density at radius 3 is 0.889 bits per heavy atom. The van der Waals surface area contributed by atoms with Crippen LogP contribution in [0.5, 0.6) is 0 Å². The summed E-state index contributed by atoms with van der Waals surface area (Å²) in [5, 5.41) is 0. The minimum atomic E-state index is -1.44. The molecule has 0 aromatic rings. The first-order chi connectivity index (χ1) is 10.2. The first kappa shape index (κ1) is 39.6. The van der Waals surface area contributed by atoms with Gasteiger partial charge in [-0.15, -0.1) is 15.8 Å². The molecular formula is C21H53NP2Si2Zr. The van der Waals surface area contributed by atoms with Gasteiger partial charge in [0.2, 0.25) is 0 Å². The van der Waals surface area contributed by atoms with Crippen molar-refractivity contribution in [3.8, 4) is 0 Å². The fourth-order valence-corrected chi connectivity index (χ4v) is 27.5. The Bertz CT molecular complexity index is 301. The van der Waals surface area contributed by atoms with Crippen molar-refractivity contribution in [2.24, 2.45) is 0 Å². The third kappa shape index (κ3) is 16.5. The van der Waals surface area contributed by atoms with Gasteiger partial charge in [0.05, 0.1) is 0 Å². The molecule has 0 saturated heterocycles. The minimum absolute atomic E-state index is 0. The molecule has 0 atom stereocenters. The van der Waals surface area contributed by atoms with Gasteiger partial charge >= 0.3 is 26.2 Å². The summed E-state index contributed by atoms with van der Waals surface area (Å²) in [6.07, 6.45) is 0. The normalized spacial score (nSPS) is 12.2. The maximum atomic E-state index is 5.66. The van der Waals surface area contributed by atoms with Crippen molar-refractivity contribution >= 4 is 32.3 Å². The van der Waals surface area contributed by atoms with Gasteiger partial charge in [-0.25, -0.2) is 0 Å². The standard InChI is InChI=1S/C18H44NP2Si2.3CH3.Zr/c1-15(2)20(16(3)4)13-22(9,10)19-23(11,12)14-21(17(5)6)18(7)8;;;;/h15-18H,13-14H2,1-12H3;3*1H3;/q4*-1;+4. The van der Waals surface area contributed by atoms with Crippen LogP contribution in [0.4, 0.5) is 0 Å². The molecule has 0 saturated carbocycles. The zero-order chi connectivity index (χ0) is 18.6. The van der Waals surface area contributed by atoms with Crippen LogP contribution in [0.15, 0.2) is 0 Å². The van der Waals surface area contributed by atoms with Gasteiger partial charge < -0.3 is 26.9 Å². The average molecular weight is 529 g/mol. The molecular weight excluding hydrogens is 476 g/mol. The molecule has 0 heterocycles. The Labute approximate surface area is 200 Å². The molecule has 0 rings (SSSR count). The molecule has 0 aromatic heterocycles. The van der Waals surface area contributed by atoms with Crippen LogP contribution in [-0.2, 0) is 26.2 Å². The number of rotatable bonds is 10. The summed E-state index contributed by atoms with van der Waals surface area (Å²) in [4.78, 5) is 0. The summed E-state index contributed by atoms with van der Waals surface area (Å²) in [7, 11) is -2.61. The monoisotopic (exact) mass is 527 g/mol. The second-order valence-corrected chi connectivity index (χ2v) is 26.3. The predicted molar refractivity (Wildman–Crippen MR) is 142 cm³/mol. The molecule has 0 fully saturated rings. The third-order valence-electron chi connectivity index (χ3n) is 4.40. The van der Waals surface area contributed by atoms with E-state index in [1.807, 2.05) is 0 Å². The zero-order valence-electron chi connectivity index (χ0n) is 21.6. The molecule has 0 amide bonds. The van der Waals surface area contributed by atoms with Crippen molar-refractivity contribution in [1.82, 2.24) is 0 Å². The van der Waals surface area contributed by atoms with Crippen molar-refractivity contribution in [3.63, 3.8) is 0 Å². The van der Waals surface area contributed by atoms with Gasteiger partial charge in [0.25, 0.3) is 0 Å². The summed E-state index contributed by atoms with van der Waals surface area (Å²) in [5.41, 5.74) is 3.39. The van der Waals surface area contributed by atoms with Gasteiger partial charge in [-0.1, -0.05) is 110 Å². The smallest absolute Gasteiger partial charge is 0.667 e. The maximum Gasteiger partial charge on any atom is 4.00 e. The molecule has 27 heavy (non-hydrogen) atoms. The molecule has 0 spiro atoms. The predicted octanol–water partition coefficient (Wildman–Crippen LogP) is 8.79. The fraction of sp³-hybridized carbons (Fsp3) is 0.857. The van der Waals surface area contributed by atoms with E-state index in [-0.39, 0.29) is 64.3 Å². The molecule has 0 N–H and O–H groups in total. The van der Waals surface area contributed by atoms with E-state index in [2.05, 4.69) is 81.6 Å². The van der Waals surface area contributed by atoms with E-state index in [9.17, 15) is 0 Å². The first-order valence-electron chi connectivity index (χ1n) is 9.44. The van der Waals surface area contributed by atoms with E-state index in [1.54, 1.807) is 0 Å². The van der Waals surface area contributed by atoms with Crippen molar-refractivity contribution < 1.29 is 26.2 Å². The van der Waals surface area contributed by atoms with Gasteiger partial charge in [0, 0.05) is 0 Å². The largest absolute Gasteiger partial charge is 4.00 e. The number of hydrogen-bond acceptors (Lipinski definition) is 0. The Hall–Kier alpha value is 2.14. The van der Waals surface area contributed by atoms with Crippen molar-refractivity contribution in [3.05, 3.63) is 26.9 Å². The first-order valence-corrected chi connectivity index (χ1v) is 19.1. The van der Waals surface area contributed by atoms with Gasteiger partial charge in [0.1, 0.15) is 0 Å². The van der Waals surface area contributed by atoms with Crippen LogP contribution in [0.25, 0.3) is 4.65 Å². The molecule has 1 nitrogen and oxygen atoms in total. The zero-order valence-corrected chi connectivity index (χ0v) is 27.8. The summed E-state index contributed by atoms with van der Waals surface area (Å²) < 4.78 is 5.66. The molecule has 164 valence electrons. The van der Waals surface area contributed by atoms with Crippen LogP contribution in [0.3, 0.4) is 0 Å². The van der Waals surface area contributed by atoms with Crippen LogP contribution in [0, 0.1) is 22.3 Å². The molecule has 0 aromatic carbocycles. The molecule has 0 unspecified atom stereocenters. The van der Waals surface area contributed by atoms with Crippen LogP contribution < -0.4 is 0 Å². The second-order valence-electron chi connectivity index (χ2n) is 9.46. The third-order valence-corrected chi connectivity index (χ3v) is 23.7. The van der Waals surface area contributed by atoms with Crippen LogP contribution in [0.1, 0.15) is 55.4 Å². The summed E-state index contributed by atoms with van der Waals surface area (Å²) in [5.74, 6) is 2.88. The minimum Gasteiger partial charge on any atom is -0.667 e. The Morgan fingerprint density at radius 2 is 0.741 bits per heavy atom. The van der Waals surface area contributed by atoms with E-state index in [0.717, 1.165) is 22.6 Å². The van der Waals surface area contributed by atoms with Crippen LogP contribution >= 0.6 is 15.8 Å². The van der Waals surface area contributed by atoms with Crippen LogP contribution in [-0.4, -0.2) is 50.7 Å². The summed E-state index contributed by atoms with van der Waals surface area (Å²) >= 11 is 0. The fourth-order valence-electron chi connectivity index (χ4n) is 3.71. The molecule has 6 heteroatoms. The number of nitrogens with zero attached hydrogens (tertiary/aromatic N) is 1. The molecule has 0 aliphatic rings. The quantitative estimate of drug-likeness (QED) is 0.153. The van der Waals surface area contributed by atoms with E-state index >= 15 is 0 Å². The summed E-state index contributed by atoms with van der Waals surface area (Å²) in [6.45, 7) is 29.6. The van der Waals surface area contributed by atoms with E-state index in [1.165, 1.54) is 11.6 Å². The second kappa shape index (κ2) is 16.8. The van der Waals surface area contributed by atoms with Gasteiger partial charge in [-0.05, 0) is 22.6 Å². The van der Waals surface area contributed by atoms with Crippen molar-refractivity contribution in [1.29, 1.82) is 0 Å². The van der Waals surface area contributed by atoms with Gasteiger partial charge in [0.15, 0.2) is 0 Å².